The summed E-state index contributed by atoms with van der Waals surface area (Å²) in [7, 11) is 0. The molecular formula is C81H52N8. The molecule has 2 atom stereocenters. The van der Waals surface area contributed by atoms with E-state index in [1.807, 2.05) is 48.8 Å². The van der Waals surface area contributed by atoms with Crippen LogP contribution in [0.25, 0.3) is 166 Å². The monoisotopic (exact) mass is 1140 g/mol. The average Bonchev–Trinajstić information content (AvgIpc) is 1.60. The minimum atomic E-state index is 0.502. The number of allylic oxidation sites excluding steroid dienone is 4. The van der Waals surface area contributed by atoms with Crippen LogP contribution in [-0.2, 0) is 0 Å². The molecule has 8 nitrogen and oxygen atoms in total. The number of pyridine rings is 1. The first-order chi connectivity index (χ1) is 44.1. The van der Waals surface area contributed by atoms with Crippen molar-refractivity contribution in [1.82, 2.24) is 38.2 Å². The molecule has 0 N–H and O–H groups in total. The van der Waals surface area contributed by atoms with Gasteiger partial charge in [-0.15, -0.1) is 0 Å². The molecule has 0 bridgehead atoms. The molecular weight excluding hydrogens is 1080 g/mol. The summed E-state index contributed by atoms with van der Waals surface area (Å²) in [6.45, 7) is 0. The fraction of sp³-hybridized carbons (Fsp3) is 0.0370. The van der Waals surface area contributed by atoms with Crippen molar-refractivity contribution in [2.24, 2.45) is 11.8 Å². The van der Waals surface area contributed by atoms with Gasteiger partial charge in [0.05, 0.1) is 49.8 Å². The quantitative estimate of drug-likeness (QED) is 0.144. The smallest absolute Gasteiger partial charge is 0.164 e. The summed E-state index contributed by atoms with van der Waals surface area (Å²) in [5.41, 5.74) is 20.4. The molecule has 17 aromatic rings. The summed E-state index contributed by atoms with van der Waals surface area (Å²) in [4.78, 5) is 20.7. The Kier molecular flexibility index (Phi) is 10.8. The second kappa shape index (κ2) is 19.4. The van der Waals surface area contributed by atoms with Gasteiger partial charge >= 0.3 is 0 Å². The molecule has 0 amide bonds. The van der Waals surface area contributed by atoms with E-state index < -0.39 is 0 Å². The fourth-order valence-electron chi connectivity index (χ4n) is 14.7. The molecule has 2 unspecified atom stereocenters. The Hall–Kier alpha value is -11.7. The van der Waals surface area contributed by atoms with Gasteiger partial charge in [-0.2, -0.15) is 0 Å². The van der Waals surface area contributed by atoms with Crippen LogP contribution in [0, 0.1) is 11.8 Å². The van der Waals surface area contributed by atoms with Gasteiger partial charge in [0.1, 0.15) is 0 Å². The van der Waals surface area contributed by atoms with Crippen LogP contribution in [0.1, 0.15) is 6.42 Å². The molecule has 1 saturated carbocycles. The highest BCUT2D eigenvalue weighted by Gasteiger charge is 2.41. The summed E-state index contributed by atoms with van der Waals surface area (Å²) >= 11 is 0. The van der Waals surface area contributed by atoms with E-state index in [0.29, 0.717) is 29.3 Å². The van der Waals surface area contributed by atoms with E-state index in [1.165, 1.54) is 66.2 Å². The van der Waals surface area contributed by atoms with Crippen molar-refractivity contribution < 1.29 is 0 Å². The van der Waals surface area contributed by atoms with Gasteiger partial charge < -0.3 is 18.3 Å². The van der Waals surface area contributed by atoms with Gasteiger partial charge in [-0.3, -0.25) is 4.98 Å². The van der Waals surface area contributed by atoms with Crippen LogP contribution >= 0.6 is 0 Å². The van der Waals surface area contributed by atoms with Crippen LogP contribution in [0.15, 0.2) is 291 Å². The topological polar surface area (TPSA) is 71.3 Å². The lowest BCUT2D eigenvalue weighted by molar-refractivity contribution is 0.935. The first-order valence-corrected chi connectivity index (χ1v) is 30.6. The van der Waals surface area contributed by atoms with Gasteiger partial charge in [0.25, 0.3) is 0 Å². The fourth-order valence-corrected chi connectivity index (χ4v) is 14.7. The molecule has 89 heavy (non-hydrogen) atoms. The van der Waals surface area contributed by atoms with Gasteiger partial charge in [0.15, 0.2) is 17.5 Å². The molecule has 416 valence electrons. The van der Waals surface area contributed by atoms with E-state index in [-0.39, 0.29) is 0 Å². The van der Waals surface area contributed by atoms with Crippen molar-refractivity contribution in [2.75, 3.05) is 0 Å². The molecule has 19 rings (SSSR count). The van der Waals surface area contributed by atoms with Crippen molar-refractivity contribution in [2.45, 2.75) is 6.42 Å². The lowest BCUT2D eigenvalue weighted by Crippen LogP contribution is -2.04. The summed E-state index contributed by atoms with van der Waals surface area (Å²) in [5, 5.41) is 9.66. The number of hydrogen-bond donors (Lipinski definition) is 0. The number of benzene rings is 11. The highest BCUT2D eigenvalue weighted by molar-refractivity contribution is 6.21. The number of rotatable bonds is 9. The van der Waals surface area contributed by atoms with E-state index in [2.05, 4.69) is 266 Å². The highest BCUT2D eigenvalue weighted by atomic mass is 15.1. The zero-order valence-corrected chi connectivity index (χ0v) is 48.2. The summed E-state index contributed by atoms with van der Waals surface area (Å²) in [5.74, 6) is 2.85. The molecule has 11 aromatic carbocycles. The predicted molar refractivity (Wildman–Crippen MR) is 366 cm³/mol. The van der Waals surface area contributed by atoms with Crippen LogP contribution < -0.4 is 0 Å². The zero-order chi connectivity index (χ0) is 58.3. The van der Waals surface area contributed by atoms with Crippen molar-refractivity contribution in [3.63, 3.8) is 0 Å². The summed E-state index contributed by atoms with van der Waals surface area (Å²) in [6, 6.07) is 94.6. The third kappa shape index (κ3) is 7.66. The third-order valence-corrected chi connectivity index (χ3v) is 18.8. The first-order valence-electron chi connectivity index (χ1n) is 30.6. The largest absolute Gasteiger partial charge is 0.313 e. The second-order valence-corrected chi connectivity index (χ2v) is 23.7. The molecule has 8 heteroatoms. The molecule has 0 saturated heterocycles. The standard InChI is InChI=1S/C81H52N8/c1-4-19-51(20-5-1)79-83-80(52-21-6-2-7-22-52)85-81(84-79)61-37-36-56(87-70-31-15-11-27-58(70)66-47-67-59-28-12-16-32-71(59)88(77(67)49-76(66)87)73-34-18-23-54-44-62(54)73)45-63(61)64-43-53(50-39-41-82-42-40-50)35-38-74(64)89-72-33-17-13-29-60(72)68-46-65-57-26-10-14-30-69(57)86(75(65)48-78(68)89)55-24-8-3-9-25-55/h1-43,45-49,54,62H,44H2. The normalized spacial score (nSPS) is 14.7. The lowest BCUT2D eigenvalue weighted by atomic mass is 9.93. The highest BCUT2D eigenvalue weighted by Crippen LogP contribution is 2.52. The number of aromatic nitrogens is 8. The van der Waals surface area contributed by atoms with Gasteiger partial charge in [0.2, 0.25) is 0 Å². The Bertz CT molecular complexity index is 5770. The van der Waals surface area contributed by atoms with E-state index in [0.717, 1.165) is 89.1 Å². The minimum absolute atomic E-state index is 0.502. The van der Waals surface area contributed by atoms with Crippen LogP contribution in [0.2, 0.25) is 0 Å². The number of fused-ring (bicyclic) bond motifs is 13. The number of para-hydroxylation sites is 5. The van der Waals surface area contributed by atoms with Gasteiger partial charge in [-0.25, -0.2) is 15.0 Å². The molecule has 6 heterocycles. The average molecular weight is 1140 g/mol. The SMILES string of the molecule is C1=CC2CC2C(n2c3ccccc3c3cc4c5ccccc5n(-c5ccc(-c6nc(-c7ccccc7)nc(-c7ccccc7)n6)c(-c6cc(-c7ccncc7)ccc6-n6c7ccccc7c7cc8c9ccccc9n(-c9ccccc9)c8cc76)c5)c4cc32)=C1. The van der Waals surface area contributed by atoms with Gasteiger partial charge in [-0.1, -0.05) is 170 Å². The van der Waals surface area contributed by atoms with Gasteiger partial charge in [-0.05, 0) is 138 Å². The maximum absolute atomic E-state index is 5.50. The first kappa shape index (κ1) is 49.5. The van der Waals surface area contributed by atoms with Crippen molar-refractivity contribution >= 4 is 92.9 Å². The number of nitrogens with zero attached hydrogens (tertiary/aromatic N) is 8. The minimum Gasteiger partial charge on any atom is -0.313 e. The van der Waals surface area contributed by atoms with E-state index >= 15 is 0 Å². The zero-order valence-electron chi connectivity index (χ0n) is 48.2. The molecule has 0 radical (unpaired) electrons. The predicted octanol–water partition coefficient (Wildman–Crippen LogP) is 20.0. The Morgan fingerprint density at radius 3 is 1.37 bits per heavy atom. The summed E-state index contributed by atoms with van der Waals surface area (Å²) in [6.07, 6.45) is 11.9. The Balaban J connectivity index is 0.938. The van der Waals surface area contributed by atoms with Crippen LogP contribution in [0.4, 0.5) is 0 Å². The molecule has 0 aliphatic heterocycles. The Labute approximate surface area is 511 Å². The van der Waals surface area contributed by atoms with E-state index in [9.17, 15) is 0 Å². The van der Waals surface area contributed by atoms with E-state index in [4.69, 9.17) is 15.0 Å². The molecule has 6 aromatic heterocycles. The van der Waals surface area contributed by atoms with Crippen molar-refractivity contribution in [3.8, 4) is 73.5 Å². The molecule has 2 aliphatic rings. The maximum Gasteiger partial charge on any atom is 0.164 e. The maximum atomic E-state index is 5.50. The Morgan fingerprint density at radius 1 is 0.303 bits per heavy atom. The molecule has 0 spiro atoms. The molecule has 2 aliphatic carbocycles. The third-order valence-electron chi connectivity index (χ3n) is 18.8. The molecule has 1 fully saturated rings. The lowest BCUT2D eigenvalue weighted by Gasteiger charge is -2.20. The van der Waals surface area contributed by atoms with Crippen LogP contribution in [0.5, 0.6) is 0 Å². The van der Waals surface area contributed by atoms with Crippen molar-refractivity contribution in [3.05, 3.63) is 291 Å². The van der Waals surface area contributed by atoms with Crippen molar-refractivity contribution in [1.29, 1.82) is 0 Å². The summed E-state index contributed by atoms with van der Waals surface area (Å²) < 4.78 is 9.95. The number of hydrogen-bond acceptors (Lipinski definition) is 4. The Morgan fingerprint density at radius 2 is 0.787 bits per heavy atom. The van der Waals surface area contributed by atoms with E-state index in [1.54, 1.807) is 0 Å². The van der Waals surface area contributed by atoms with Crippen LogP contribution in [0.3, 0.4) is 0 Å². The van der Waals surface area contributed by atoms with Gasteiger partial charge in [0, 0.05) is 101 Å². The van der Waals surface area contributed by atoms with Crippen LogP contribution in [-0.4, -0.2) is 38.2 Å². The second-order valence-electron chi connectivity index (χ2n) is 23.7.